The van der Waals surface area contributed by atoms with E-state index in [2.05, 4.69) is 4.90 Å². The summed E-state index contributed by atoms with van der Waals surface area (Å²) in [6.07, 6.45) is 1.73. The van der Waals surface area contributed by atoms with Crippen LogP contribution in [-0.2, 0) is 4.79 Å². The van der Waals surface area contributed by atoms with Crippen LogP contribution in [0.25, 0.3) is 0 Å². The van der Waals surface area contributed by atoms with Crippen molar-refractivity contribution in [1.29, 1.82) is 0 Å². The molecular weight excluding hydrogens is 156 g/mol. The Bertz CT molecular complexity index is 184. The number of nitrogens with zero attached hydrogens (tertiary/aromatic N) is 1. The first-order chi connectivity index (χ1) is 5.52. The molecule has 0 spiro atoms. The van der Waals surface area contributed by atoms with Gasteiger partial charge in [-0.15, -0.1) is 0 Å². The van der Waals surface area contributed by atoms with Gasteiger partial charge in [-0.3, -0.25) is 0 Å². The van der Waals surface area contributed by atoms with E-state index in [9.17, 15) is 9.90 Å². The summed E-state index contributed by atoms with van der Waals surface area (Å²) in [5.74, 6) is -1.05. The molecular formula is C8H15N2O2-. The first kappa shape index (κ1) is 9.48. The molecule has 1 aliphatic heterocycles. The predicted molar refractivity (Wildman–Crippen MR) is 43.3 cm³/mol. The van der Waals surface area contributed by atoms with Gasteiger partial charge in [0.25, 0.3) is 0 Å². The molecule has 12 heavy (non-hydrogen) atoms. The fraction of sp³-hybridized carbons (Fsp3) is 0.875. The van der Waals surface area contributed by atoms with E-state index in [-0.39, 0.29) is 6.42 Å². The first-order valence-corrected chi connectivity index (χ1v) is 4.19. The van der Waals surface area contributed by atoms with Crippen LogP contribution in [0.5, 0.6) is 0 Å². The van der Waals surface area contributed by atoms with Crippen LogP contribution in [0.4, 0.5) is 0 Å². The lowest BCUT2D eigenvalue weighted by atomic mass is 9.87. The molecule has 70 valence electrons. The van der Waals surface area contributed by atoms with Gasteiger partial charge in [0.15, 0.2) is 0 Å². The molecule has 0 radical (unpaired) electrons. The minimum Gasteiger partial charge on any atom is -0.550 e. The van der Waals surface area contributed by atoms with Gasteiger partial charge in [0.2, 0.25) is 0 Å². The number of carbonyl (C=O) groups is 1. The lowest BCUT2D eigenvalue weighted by Crippen LogP contribution is -2.55. The fourth-order valence-corrected chi connectivity index (χ4v) is 1.83. The number of likely N-dealkylation sites (N-methyl/N-ethyl adjacent to an activating group) is 1. The number of hydrogen-bond acceptors (Lipinski definition) is 4. The summed E-state index contributed by atoms with van der Waals surface area (Å²) in [5, 5.41) is 10.4. The smallest absolute Gasteiger partial charge is 0.0433 e. The number of nitrogens with two attached hydrogens (primary N) is 1. The van der Waals surface area contributed by atoms with Crippen molar-refractivity contribution in [3.05, 3.63) is 0 Å². The van der Waals surface area contributed by atoms with Crippen LogP contribution in [0.15, 0.2) is 0 Å². The van der Waals surface area contributed by atoms with Crippen molar-refractivity contribution >= 4 is 5.97 Å². The third kappa shape index (κ3) is 2.46. The molecule has 0 amide bonds. The highest BCUT2D eigenvalue weighted by Gasteiger charge is 2.29. The molecule has 1 unspecified atom stereocenters. The van der Waals surface area contributed by atoms with Crippen LogP contribution in [0, 0.1) is 0 Å². The Labute approximate surface area is 72.3 Å². The zero-order valence-electron chi connectivity index (χ0n) is 7.38. The van der Waals surface area contributed by atoms with Crippen molar-refractivity contribution in [1.82, 2.24) is 4.90 Å². The minimum absolute atomic E-state index is 0.0304. The van der Waals surface area contributed by atoms with Crippen LogP contribution < -0.4 is 10.8 Å². The number of aliphatic carboxylic acids is 1. The molecule has 0 aromatic heterocycles. The molecule has 0 saturated carbocycles. The van der Waals surface area contributed by atoms with Crippen LogP contribution in [-0.4, -0.2) is 36.5 Å². The summed E-state index contributed by atoms with van der Waals surface area (Å²) in [5.41, 5.74) is 5.32. The molecule has 0 bridgehead atoms. The van der Waals surface area contributed by atoms with E-state index in [1.165, 1.54) is 0 Å². The second-order valence-electron chi connectivity index (χ2n) is 3.75. The van der Waals surface area contributed by atoms with Crippen molar-refractivity contribution < 1.29 is 9.90 Å². The second-order valence-corrected chi connectivity index (χ2v) is 3.75. The van der Waals surface area contributed by atoms with Gasteiger partial charge in [0.1, 0.15) is 0 Å². The molecule has 1 fully saturated rings. The number of carboxylic acid groups (broad SMARTS) is 1. The largest absolute Gasteiger partial charge is 0.550 e. The summed E-state index contributed by atoms with van der Waals surface area (Å²) in [6, 6.07) is 0. The normalized spacial score (nSPS) is 31.8. The summed E-state index contributed by atoms with van der Waals surface area (Å²) in [7, 11) is 1.95. The molecule has 2 N–H and O–H groups in total. The maximum Gasteiger partial charge on any atom is 0.0433 e. The molecule has 4 nitrogen and oxygen atoms in total. The van der Waals surface area contributed by atoms with E-state index >= 15 is 0 Å². The van der Waals surface area contributed by atoms with Gasteiger partial charge in [0, 0.05) is 24.5 Å². The van der Waals surface area contributed by atoms with E-state index in [0.29, 0.717) is 6.54 Å². The monoisotopic (exact) mass is 171 g/mol. The highest BCUT2D eigenvalue weighted by Crippen LogP contribution is 2.20. The Morgan fingerprint density at radius 1 is 1.75 bits per heavy atom. The average molecular weight is 171 g/mol. The number of rotatable bonds is 2. The van der Waals surface area contributed by atoms with Crippen molar-refractivity contribution in [3.8, 4) is 0 Å². The van der Waals surface area contributed by atoms with E-state index in [0.717, 1.165) is 19.4 Å². The maximum atomic E-state index is 10.4. The van der Waals surface area contributed by atoms with Gasteiger partial charge in [-0.1, -0.05) is 0 Å². The first-order valence-electron chi connectivity index (χ1n) is 4.19. The zero-order valence-corrected chi connectivity index (χ0v) is 7.38. The standard InChI is InChI=1S/C8H16N2O2/c1-10-4-2-3-8(9,6-10)5-7(11)12/h2-6,9H2,1H3,(H,11,12)/p-1. The van der Waals surface area contributed by atoms with Gasteiger partial charge in [-0.2, -0.15) is 0 Å². The molecule has 1 rings (SSSR count). The van der Waals surface area contributed by atoms with Gasteiger partial charge < -0.3 is 20.5 Å². The highest BCUT2D eigenvalue weighted by atomic mass is 16.4. The summed E-state index contributed by atoms with van der Waals surface area (Å²) in [6.45, 7) is 1.66. The van der Waals surface area contributed by atoms with Crippen molar-refractivity contribution in [2.75, 3.05) is 20.1 Å². The number of carboxylic acids is 1. The van der Waals surface area contributed by atoms with E-state index in [1.54, 1.807) is 0 Å². The number of hydrogen-bond donors (Lipinski definition) is 1. The number of carbonyl (C=O) groups excluding carboxylic acids is 1. The Morgan fingerprint density at radius 3 is 2.92 bits per heavy atom. The molecule has 0 aromatic carbocycles. The summed E-state index contributed by atoms with van der Waals surface area (Å²) < 4.78 is 0. The van der Waals surface area contributed by atoms with E-state index in [1.807, 2.05) is 7.05 Å². The van der Waals surface area contributed by atoms with Crippen LogP contribution in [0.1, 0.15) is 19.3 Å². The SMILES string of the molecule is CN1CCCC(N)(CC(=O)[O-])C1. The van der Waals surface area contributed by atoms with Crippen molar-refractivity contribution in [3.63, 3.8) is 0 Å². The number of piperidine rings is 1. The van der Waals surface area contributed by atoms with Crippen molar-refractivity contribution in [2.45, 2.75) is 24.8 Å². The number of likely N-dealkylation sites (tertiary alicyclic amines) is 1. The summed E-state index contributed by atoms with van der Waals surface area (Å²) >= 11 is 0. The van der Waals surface area contributed by atoms with Gasteiger partial charge in [-0.25, -0.2) is 0 Å². The molecule has 0 aromatic rings. The second kappa shape index (κ2) is 3.41. The Morgan fingerprint density at radius 2 is 2.42 bits per heavy atom. The van der Waals surface area contributed by atoms with Crippen molar-refractivity contribution in [2.24, 2.45) is 5.73 Å². The molecule has 4 heteroatoms. The quantitative estimate of drug-likeness (QED) is 0.552. The van der Waals surface area contributed by atoms with Crippen LogP contribution in [0.3, 0.4) is 0 Å². The third-order valence-corrected chi connectivity index (χ3v) is 2.30. The lowest BCUT2D eigenvalue weighted by Gasteiger charge is -2.38. The molecule has 1 atom stereocenters. The molecule has 1 saturated heterocycles. The Kier molecular flexibility index (Phi) is 2.69. The van der Waals surface area contributed by atoms with E-state index in [4.69, 9.17) is 5.73 Å². The maximum absolute atomic E-state index is 10.4. The predicted octanol–water partition coefficient (Wildman–Crippen LogP) is -1.45. The topological polar surface area (TPSA) is 69.4 Å². The van der Waals surface area contributed by atoms with Gasteiger partial charge in [0.05, 0.1) is 0 Å². The minimum atomic E-state index is -1.05. The zero-order chi connectivity index (χ0) is 9.19. The molecule has 1 aliphatic rings. The lowest BCUT2D eigenvalue weighted by molar-refractivity contribution is -0.307. The molecule has 1 heterocycles. The third-order valence-electron chi connectivity index (χ3n) is 2.30. The fourth-order valence-electron chi connectivity index (χ4n) is 1.83. The van der Waals surface area contributed by atoms with Gasteiger partial charge >= 0.3 is 0 Å². The van der Waals surface area contributed by atoms with Gasteiger partial charge in [-0.05, 0) is 26.4 Å². The van der Waals surface area contributed by atoms with Crippen LogP contribution >= 0.6 is 0 Å². The summed E-state index contributed by atoms with van der Waals surface area (Å²) in [4.78, 5) is 12.4. The Balaban J connectivity index is 2.51. The highest BCUT2D eigenvalue weighted by molar-refractivity contribution is 5.66. The van der Waals surface area contributed by atoms with E-state index < -0.39 is 11.5 Å². The molecule has 0 aliphatic carbocycles. The Hall–Kier alpha value is -0.610. The average Bonchev–Trinajstić information content (AvgIpc) is 1.82. The van der Waals surface area contributed by atoms with Crippen LogP contribution in [0.2, 0.25) is 0 Å².